The van der Waals surface area contributed by atoms with Crippen molar-refractivity contribution in [1.29, 1.82) is 0 Å². The first-order chi connectivity index (χ1) is 16.0. The van der Waals surface area contributed by atoms with E-state index in [4.69, 9.17) is 9.47 Å². The highest BCUT2D eigenvalue weighted by atomic mass is 19.1. The standard InChI is InChI=1S/C26H22FN3O3/c1-16-4-6-17(7-5-16)14-29-15-21-25(18-8-10-19(27)11-9-18)28-30(31)26(21)20-12-23(32-2)24(33-3)13-22(20)29/h4-13,15H,14H2,1-3H3. The minimum absolute atomic E-state index is 0.346. The molecule has 0 aromatic heterocycles. The molecule has 0 radical (unpaired) electrons. The summed E-state index contributed by atoms with van der Waals surface area (Å²) >= 11 is 0. The molecule has 5 rings (SSSR count). The van der Waals surface area contributed by atoms with E-state index in [1.807, 2.05) is 19.2 Å². The van der Waals surface area contributed by atoms with Crippen LogP contribution in [0.4, 0.5) is 4.39 Å². The first-order valence-electron chi connectivity index (χ1n) is 10.5. The summed E-state index contributed by atoms with van der Waals surface area (Å²) in [6.45, 7) is 2.63. The number of benzene rings is 3. The monoisotopic (exact) mass is 443 g/mol. The fraction of sp³-hybridized carbons (Fsp3) is 0.154. The van der Waals surface area contributed by atoms with Crippen molar-refractivity contribution in [2.45, 2.75) is 13.5 Å². The van der Waals surface area contributed by atoms with Crippen molar-refractivity contribution in [3.63, 3.8) is 0 Å². The van der Waals surface area contributed by atoms with Crippen LogP contribution in [0.15, 0.2) is 66.9 Å². The molecule has 2 aliphatic rings. The maximum Gasteiger partial charge on any atom is 0.265 e. The summed E-state index contributed by atoms with van der Waals surface area (Å²) in [5.41, 5.74) is 5.35. The van der Waals surface area contributed by atoms with Gasteiger partial charge in [0.1, 0.15) is 5.82 Å². The fourth-order valence-corrected chi connectivity index (χ4v) is 4.14. The molecule has 0 amide bonds. The van der Waals surface area contributed by atoms with Crippen molar-refractivity contribution < 1.29 is 18.7 Å². The van der Waals surface area contributed by atoms with Crippen LogP contribution in [-0.2, 0) is 6.54 Å². The second-order valence-electron chi connectivity index (χ2n) is 7.96. The molecular weight excluding hydrogens is 421 g/mol. The van der Waals surface area contributed by atoms with Crippen molar-refractivity contribution >= 4 is 10.9 Å². The van der Waals surface area contributed by atoms with Crippen LogP contribution in [-0.4, -0.2) is 23.9 Å². The molecule has 0 fully saturated rings. The van der Waals surface area contributed by atoms with Gasteiger partial charge in [-0.1, -0.05) is 29.8 Å². The lowest BCUT2D eigenvalue weighted by molar-refractivity contribution is -0.651. The van der Waals surface area contributed by atoms with Gasteiger partial charge in [-0.15, -0.1) is 0 Å². The first-order valence-corrected chi connectivity index (χ1v) is 10.5. The molecule has 0 atom stereocenters. The maximum absolute atomic E-state index is 13.5. The van der Waals surface area contributed by atoms with E-state index in [1.54, 1.807) is 32.4 Å². The number of hydrogen-bond donors (Lipinski definition) is 0. The van der Waals surface area contributed by atoms with Gasteiger partial charge < -0.3 is 19.2 Å². The van der Waals surface area contributed by atoms with E-state index in [-0.39, 0.29) is 5.82 Å². The summed E-state index contributed by atoms with van der Waals surface area (Å²) in [6, 6.07) is 17.9. The molecule has 0 bridgehead atoms. The summed E-state index contributed by atoms with van der Waals surface area (Å²) < 4.78 is 26.6. The van der Waals surface area contributed by atoms with Gasteiger partial charge in [0.05, 0.1) is 30.7 Å². The first kappa shape index (κ1) is 20.8. The molecule has 0 aliphatic carbocycles. The molecule has 3 aromatic rings. The Kier molecular flexibility index (Phi) is 5.09. The van der Waals surface area contributed by atoms with Gasteiger partial charge >= 0.3 is 0 Å². The number of rotatable bonds is 5. The minimum Gasteiger partial charge on any atom is -0.594 e. The zero-order chi connectivity index (χ0) is 23.1. The van der Waals surface area contributed by atoms with Crippen LogP contribution in [0.2, 0.25) is 0 Å². The zero-order valence-corrected chi connectivity index (χ0v) is 18.5. The van der Waals surface area contributed by atoms with Crippen molar-refractivity contribution in [3.05, 3.63) is 89.0 Å². The highest BCUT2D eigenvalue weighted by molar-refractivity contribution is 5.98. The van der Waals surface area contributed by atoms with Gasteiger partial charge in [0.15, 0.2) is 17.2 Å². The van der Waals surface area contributed by atoms with E-state index >= 15 is 0 Å². The van der Waals surface area contributed by atoms with Gasteiger partial charge in [-0.25, -0.2) is 4.39 Å². The Labute approximate surface area is 190 Å². The van der Waals surface area contributed by atoms with Crippen LogP contribution in [0.5, 0.6) is 11.5 Å². The van der Waals surface area contributed by atoms with Gasteiger partial charge in [0.2, 0.25) is 0 Å². The molecule has 6 nitrogen and oxygen atoms in total. The van der Waals surface area contributed by atoms with E-state index in [0.717, 1.165) is 11.1 Å². The molecule has 0 N–H and O–H groups in total. The topological polar surface area (TPSA) is 63.2 Å². The average Bonchev–Trinajstić information content (AvgIpc) is 3.16. The Bertz CT molecular complexity index is 1430. The number of nitrogens with zero attached hydrogens (tertiary/aromatic N) is 3. The molecule has 2 heterocycles. The number of fused-ring (bicyclic) bond motifs is 3. The predicted octanol–water partition coefficient (Wildman–Crippen LogP) is 4.95. The second-order valence-corrected chi connectivity index (χ2v) is 7.96. The van der Waals surface area contributed by atoms with Gasteiger partial charge in [-0.3, -0.25) is 0 Å². The van der Waals surface area contributed by atoms with E-state index in [9.17, 15) is 9.60 Å². The Morgan fingerprint density at radius 3 is 2.30 bits per heavy atom. The Balaban J connectivity index is 1.80. The fourth-order valence-electron chi connectivity index (χ4n) is 4.14. The van der Waals surface area contributed by atoms with Gasteiger partial charge in [-0.05, 0) is 41.6 Å². The molecule has 2 aliphatic heterocycles. The molecule has 0 saturated heterocycles. The number of ether oxygens (including phenoxy) is 2. The van der Waals surface area contributed by atoms with E-state index in [2.05, 4.69) is 33.9 Å². The highest BCUT2D eigenvalue weighted by Gasteiger charge is 2.30. The summed E-state index contributed by atoms with van der Waals surface area (Å²) in [7, 11) is 3.14. The smallest absolute Gasteiger partial charge is 0.265 e. The predicted molar refractivity (Wildman–Crippen MR) is 124 cm³/mol. The number of aryl methyl sites for hydroxylation is 1. The van der Waals surface area contributed by atoms with Crippen molar-refractivity contribution in [2.75, 3.05) is 14.2 Å². The summed E-state index contributed by atoms with van der Waals surface area (Å²) in [6.07, 6.45) is 1.92. The van der Waals surface area contributed by atoms with Gasteiger partial charge in [-0.2, -0.15) is 0 Å². The molecule has 7 heteroatoms. The average molecular weight is 443 g/mol. The molecule has 0 unspecified atom stereocenters. The Hall–Kier alpha value is -4.13. The van der Waals surface area contributed by atoms with Crippen LogP contribution in [0.1, 0.15) is 11.1 Å². The number of methoxy groups -OCH3 is 2. The van der Waals surface area contributed by atoms with Crippen molar-refractivity contribution in [3.8, 4) is 34.0 Å². The molecule has 0 spiro atoms. The summed E-state index contributed by atoms with van der Waals surface area (Å²) in [5.74, 6) is 0.739. The van der Waals surface area contributed by atoms with Crippen LogP contribution >= 0.6 is 0 Å². The molecule has 166 valence electrons. The zero-order valence-electron chi connectivity index (χ0n) is 18.5. The molecule has 3 aromatic carbocycles. The minimum atomic E-state index is -0.346. The lowest BCUT2D eigenvalue weighted by Gasteiger charge is -2.16. The number of pyridine rings is 1. The molecule has 0 saturated carbocycles. The van der Waals surface area contributed by atoms with Crippen molar-refractivity contribution in [2.24, 2.45) is 0 Å². The number of aromatic nitrogens is 3. The van der Waals surface area contributed by atoms with Gasteiger partial charge in [0, 0.05) is 35.5 Å². The van der Waals surface area contributed by atoms with Crippen LogP contribution in [0.3, 0.4) is 0 Å². The van der Waals surface area contributed by atoms with Crippen LogP contribution in [0, 0.1) is 17.9 Å². The number of hydrogen-bond acceptors (Lipinski definition) is 4. The summed E-state index contributed by atoms with van der Waals surface area (Å²) in [5, 5.41) is 17.9. The van der Waals surface area contributed by atoms with Gasteiger partial charge in [0.25, 0.3) is 5.69 Å². The van der Waals surface area contributed by atoms with E-state index in [0.29, 0.717) is 50.8 Å². The lowest BCUT2D eigenvalue weighted by atomic mass is 10.0. The quantitative estimate of drug-likeness (QED) is 0.285. The van der Waals surface area contributed by atoms with Crippen molar-refractivity contribution in [1.82, 2.24) is 9.67 Å². The molecular formula is C26H22FN3O3. The summed E-state index contributed by atoms with van der Waals surface area (Å²) in [4.78, 5) is 0.624. The second kappa shape index (κ2) is 8.09. The third-order valence-corrected chi connectivity index (χ3v) is 5.83. The maximum atomic E-state index is 13.5. The third kappa shape index (κ3) is 3.61. The lowest BCUT2D eigenvalue weighted by Crippen LogP contribution is -2.29. The van der Waals surface area contributed by atoms with E-state index < -0.39 is 0 Å². The Morgan fingerprint density at radius 1 is 0.970 bits per heavy atom. The van der Waals surface area contributed by atoms with E-state index in [1.165, 1.54) is 17.7 Å². The highest BCUT2D eigenvalue weighted by Crippen LogP contribution is 2.40. The number of halogens is 1. The Morgan fingerprint density at radius 2 is 1.64 bits per heavy atom. The van der Waals surface area contributed by atoms with Crippen LogP contribution in [0.25, 0.3) is 33.4 Å². The largest absolute Gasteiger partial charge is 0.594 e. The third-order valence-electron chi connectivity index (χ3n) is 5.83. The normalized spacial score (nSPS) is 11.3. The van der Waals surface area contributed by atoms with Crippen LogP contribution < -0.4 is 14.3 Å². The molecule has 33 heavy (non-hydrogen) atoms. The SMILES string of the molecule is COc1cc2c3[n+]([O-])nc(-c4ccc(F)cc4)c-3cn(Cc3ccc(C)cc3)c2cc1OC.